The Morgan fingerprint density at radius 3 is 2.17 bits per heavy atom. The highest BCUT2D eigenvalue weighted by Crippen LogP contribution is 2.33. The van der Waals surface area contributed by atoms with Gasteiger partial charge in [0.25, 0.3) is 5.91 Å². The number of nitrogens with zero attached hydrogens (tertiary/aromatic N) is 1. The highest BCUT2D eigenvalue weighted by atomic mass is 32.2. The van der Waals surface area contributed by atoms with E-state index in [4.69, 9.17) is 4.74 Å². The van der Waals surface area contributed by atoms with Gasteiger partial charge in [0.2, 0.25) is 0 Å². The van der Waals surface area contributed by atoms with Crippen molar-refractivity contribution in [3.8, 4) is 0 Å². The first-order valence-corrected chi connectivity index (χ1v) is 12.3. The highest BCUT2D eigenvalue weighted by molar-refractivity contribution is 7.99. The topological polar surface area (TPSA) is 87.7 Å². The molecule has 0 unspecified atom stereocenters. The first-order valence-electron chi connectivity index (χ1n) is 11.5. The molecule has 2 N–H and O–H groups in total. The van der Waals surface area contributed by atoms with Crippen molar-refractivity contribution in [3.05, 3.63) is 84.9 Å². The minimum absolute atomic E-state index is 0.186. The van der Waals surface area contributed by atoms with Gasteiger partial charge in [-0.1, -0.05) is 60.3 Å². The Hall–Kier alpha value is -3.78. The summed E-state index contributed by atoms with van der Waals surface area (Å²) in [6, 6.07) is 26.4. The van der Waals surface area contributed by atoms with Gasteiger partial charge in [0.1, 0.15) is 0 Å². The Labute approximate surface area is 208 Å². The largest absolute Gasteiger partial charge is 0.455 e. The zero-order chi connectivity index (χ0) is 24.5. The minimum atomic E-state index is -0.407. The van der Waals surface area contributed by atoms with Crippen LogP contribution in [0.5, 0.6) is 0 Å². The summed E-state index contributed by atoms with van der Waals surface area (Å²) >= 11 is 1.55. The molecule has 0 bridgehead atoms. The molecule has 1 heterocycles. The second-order valence-corrected chi connectivity index (χ2v) is 9.24. The third-order valence-electron chi connectivity index (χ3n) is 5.62. The number of piperidine rings is 1. The van der Waals surface area contributed by atoms with Gasteiger partial charge in [-0.15, -0.1) is 0 Å². The van der Waals surface area contributed by atoms with E-state index in [2.05, 4.69) is 10.6 Å². The number of carbonyl (C=O) groups is 3. The molecule has 0 spiro atoms. The molecule has 4 rings (SSSR count). The lowest BCUT2D eigenvalue weighted by Crippen LogP contribution is -2.43. The molecule has 180 valence electrons. The second kappa shape index (κ2) is 12.1. The Morgan fingerprint density at radius 2 is 1.46 bits per heavy atom. The molecular formula is C27H27N3O4S. The van der Waals surface area contributed by atoms with E-state index in [1.54, 1.807) is 16.7 Å². The average Bonchev–Trinajstić information content (AvgIpc) is 2.90. The van der Waals surface area contributed by atoms with Crippen LogP contribution in [0.1, 0.15) is 12.8 Å². The summed E-state index contributed by atoms with van der Waals surface area (Å²) in [7, 11) is 0. The smallest absolute Gasteiger partial charge is 0.321 e. The molecule has 8 heteroatoms. The average molecular weight is 490 g/mol. The summed E-state index contributed by atoms with van der Waals surface area (Å²) in [5.41, 5.74) is 1.40. The van der Waals surface area contributed by atoms with Crippen LogP contribution in [0.4, 0.5) is 16.2 Å². The molecule has 0 aromatic heterocycles. The number of benzene rings is 3. The monoisotopic (exact) mass is 489 g/mol. The van der Waals surface area contributed by atoms with Gasteiger partial charge in [-0.05, 0) is 49.2 Å². The third kappa shape index (κ3) is 7.10. The lowest BCUT2D eigenvalue weighted by Gasteiger charge is -2.30. The molecule has 35 heavy (non-hydrogen) atoms. The molecular weight excluding hydrogens is 462 g/mol. The van der Waals surface area contributed by atoms with Gasteiger partial charge in [-0.2, -0.15) is 0 Å². The number of para-hydroxylation sites is 2. The minimum Gasteiger partial charge on any atom is -0.455 e. The summed E-state index contributed by atoms with van der Waals surface area (Å²) in [5, 5.41) is 5.69. The van der Waals surface area contributed by atoms with E-state index < -0.39 is 5.97 Å². The van der Waals surface area contributed by atoms with Gasteiger partial charge in [0.15, 0.2) is 6.61 Å². The van der Waals surface area contributed by atoms with Gasteiger partial charge in [0, 0.05) is 28.6 Å². The van der Waals surface area contributed by atoms with Gasteiger partial charge in [-0.25, -0.2) is 4.79 Å². The molecule has 0 radical (unpaired) electrons. The van der Waals surface area contributed by atoms with E-state index in [-0.39, 0.29) is 24.5 Å². The SMILES string of the molecule is O=C(COC(=O)C1CCN(C(=O)Nc2ccccc2)CC1)Nc1ccccc1Sc1ccccc1. The number of nitrogens with one attached hydrogen (secondary N) is 2. The summed E-state index contributed by atoms with van der Waals surface area (Å²) < 4.78 is 5.29. The third-order valence-corrected chi connectivity index (χ3v) is 6.70. The number of hydrogen-bond acceptors (Lipinski definition) is 5. The van der Waals surface area contributed by atoms with Crippen LogP contribution >= 0.6 is 11.8 Å². The van der Waals surface area contributed by atoms with Crippen molar-refractivity contribution in [2.24, 2.45) is 5.92 Å². The first-order chi connectivity index (χ1) is 17.1. The van der Waals surface area contributed by atoms with E-state index in [1.165, 1.54) is 0 Å². The molecule has 3 amide bonds. The first kappa shape index (κ1) is 24.3. The number of hydrogen-bond donors (Lipinski definition) is 2. The lowest BCUT2D eigenvalue weighted by atomic mass is 9.97. The number of urea groups is 1. The molecule has 1 aliphatic heterocycles. The quantitative estimate of drug-likeness (QED) is 0.442. The van der Waals surface area contributed by atoms with Crippen LogP contribution in [0.15, 0.2) is 94.7 Å². The summed E-state index contributed by atoms with van der Waals surface area (Å²) in [6.45, 7) is 0.557. The molecule has 0 atom stereocenters. The number of esters is 1. The maximum absolute atomic E-state index is 12.5. The summed E-state index contributed by atoms with van der Waals surface area (Å²) in [4.78, 5) is 41.0. The zero-order valence-corrected chi connectivity index (χ0v) is 20.0. The highest BCUT2D eigenvalue weighted by Gasteiger charge is 2.28. The number of likely N-dealkylation sites (tertiary alicyclic amines) is 1. The van der Waals surface area contributed by atoms with E-state index in [1.807, 2.05) is 84.9 Å². The Bertz CT molecular complexity index is 1150. The van der Waals surface area contributed by atoms with Crippen molar-refractivity contribution in [2.75, 3.05) is 30.3 Å². The predicted octanol–water partition coefficient (Wildman–Crippen LogP) is 5.26. The van der Waals surface area contributed by atoms with Crippen LogP contribution < -0.4 is 10.6 Å². The molecule has 0 aliphatic carbocycles. The molecule has 3 aromatic rings. The number of carbonyl (C=O) groups excluding carboxylic acids is 3. The predicted molar refractivity (Wildman–Crippen MR) is 136 cm³/mol. The zero-order valence-electron chi connectivity index (χ0n) is 19.2. The van der Waals surface area contributed by atoms with Gasteiger partial charge in [0.05, 0.1) is 11.6 Å². The summed E-state index contributed by atoms with van der Waals surface area (Å²) in [6.07, 6.45) is 0.998. The Balaban J connectivity index is 1.22. The maximum atomic E-state index is 12.5. The van der Waals surface area contributed by atoms with E-state index in [0.717, 1.165) is 15.5 Å². The van der Waals surface area contributed by atoms with E-state index in [0.29, 0.717) is 31.6 Å². The Kier molecular flexibility index (Phi) is 8.40. The second-order valence-electron chi connectivity index (χ2n) is 8.12. The van der Waals surface area contributed by atoms with Crippen LogP contribution in [-0.2, 0) is 14.3 Å². The van der Waals surface area contributed by atoms with E-state index >= 15 is 0 Å². The van der Waals surface area contributed by atoms with Crippen molar-refractivity contribution in [1.82, 2.24) is 4.90 Å². The molecule has 1 fully saturated rings. The van der Waals surface area contributed by atoms with Crippen molar-refractivity contribution in [2.45, 2.75) is 22.6 Å². The van der Waals surface area contributed by atoms with Gasteiger partial charge in [-0.3, -0.25) is 9.59 Å². The fourth-order valence-corrected chi connectivity index (χ4v) is 4.68. The van der Waals surface area contributed by atoms with Crippen LogP contribution in [0.25, 0.3) is 0 Å². The number of rotatable bonds is 7. The molecule has 7 nitrogen and oxygen atoms in total. The fourth-order valence-electron chi connectivity index (χ4n) is 3.76. The standard InChI is InChI=1S/C27H27N3O4S/c31-25(29-23-13-7-8-14-24(23)35-22-11-5-2-6-12-22)19-34-26(32)20-15-17-30(18-16-20)27(33)28-21-9-3-1-4-10-21/h1-14,20H,15-19H2,(H,28,33)(H,29,31). The van der Waals surface area contributed by atoms with Crippen molar-refractivity contribution in [3.63, 3.8) is 0 Å². The lowest BCUT2D eigenvalue weighted by molar-refractivity contribution is -0.152. The number of ether oxygens (including phenoxy) is 1. The molecule has 1 saturated heterocycles. The normalized spacial score (nSPS) is 13.7. The van der Waals surface area contributed by atoms with Crippen molar-refractivity contribution < 1.29 is 19.1 Å². The number of anilines is 2. The molecule has 1 aliphatic rings. The van der Waals surface area contributed by atoms with Gasteiger partial charge < -0.3 is 20.3 Å². The Morgan fingerprint density at radius 1 is 0.829 bits per heavy atom. The maximum Gasteiger partial charge on any atom is 0.321 e. The van der Waals surface area contributed by atoms with Gasteiger partial charge >= 0.3 is 12.0 Å². The van der Waals surface area contributed by atoms with Crippen LogP contribution in [0, 0.1) is 5.92 Å². The van der Waals surface area contributed by atoms with Crippen LogP contribution in [-0.4, -0.2) is 42.5 Å². The van der Waals surface area contributed by atoms with Crippen molar-refractivity contribution >= 4 is 41.0 Å². The summed E-state index contributed by atoms with van der Waals surface area (Å²) in [5.74, 6) is -1.13. The molecule has 3 aromatic carbocycles. The van der Waals surface area contributed by atoms with Crippen molar-refractivity contribution in [1.29, 1.82) is 0 Å². The van der Waals surface area contributed by atoms with Crippen LogP contribution in [0.2, 0.25) is 0 Å². The fraction of sp³-hybridized carbons (Fsp3) is 0.222. The van der Waals surface area contributed by atoms with E-state index in [9.17, 15) is 14.4 Å². The molecule has 0 saturated carbocycles. The number of amides is 3. The van der Waals surface area contributed by atoms with Crippen LogP contribution in [0.3, 0.4) is 0 Å².